The molecule has 0 aromatic carbocycles. The van der Waals surface area contributed by atoms with Crippen LogP contribution in [0.4, 0.5) is 5.69 Å². The van der Waals surface area contributed by atoms with E-state index in [1.54, 1.807) is 13.3 Å². The summed E-state index contributed by atoms with van der Waals surface area (Å²) >= 11 is 0. The number of hydrazine groups is 1. The highest BCUT2D eigenvalue weighted by Gasteiger charge is 2.30. The number of pyridine rings is 1. The number of hydrogen-bond donors (Lipinski definition) is 3. The number of anilines is 1. The highest BCUT2D eigenvalue weighted by molar-refractivity contribution is 5.44. The number of ether oxygens (including phenoxy) is 1. The summed E-state index contributed by atoms with van der Waals surface area (Å²) in [6, 6.07) is 1.89. The van der Waals surface area contributed by atoms with Crippen molar-refractivity contribution in [2.45, 2.75) is 50.7 Å². The number of hydrogen-bond acceptors (Lipinski definition) is 5. The number of rotatable bonds is 6. The van der Waals surface area contributed by atoms with Gasteiger partial charge in [0.25, 0.3) is 0 Å². The molecule has 1 fully saturated rings. The lowest BCUT2D eigenvalue weighted by atomic mass is 9.81. The predicted octanol–water partition coefficient (Wildman–Crippen LogP) is 1.63. The van der Waals surface area contributed by atoms with Crippen molar-refractivity contribution in [1.82, 2.24) is 10.4 Å². The predicted molar refractivity (Wildman–Crippen MR) is 80.8 cm³/mol. The minimum Gasteiger partial charge on any atom is -0.398 e. The molecule has 5 N–H and O–H groups in total. The van der Waals surface area contributed by atoms with Gasteiger partial charge in [-0.05, 0) is 36.8 Å². The number of aromatic nitrogens is 1. The van der Waals surface area contributed by atoms with Crippen molar-refractivity contribution >= 4 is 5.69 Å². The molecular weight excluding hydrogens is 252 g/mol. The second kappa shape index (κ2) is 7.57. The van der Waals surface area contributed by atoms with E-state index in [2.05, 4.69) is 10.4 Å². The molecule has 5 heteroatoms. The van der Waals surface area contributed by atoms with Gasteiger partial charge in [0.15, 0.2) is 0 Å². The van der Waals surface area contributed by atoms with Crippen molar-refractivity contribution in [2.24, 2.45) is 11.8 Å². The van der Waals surface area contributed by atoms with Gasteiger partial charge >= 0.3 is 0 Å². The fourth-order valence-corrected chi connectivity index (χ4v) is 3.26. The lowest BCUT2D eigenvalue weighted by Gasteiger charge is -2.34. The molecule has 2 rings (SSSR count). The molecule has 2 atom stereocenters. The Balaban J connectivity index is 2.06. The van der Waals surface area contributed by atoms with Gasteiger partial charge in [0, 0.05) is 25.2 Å². The van der Waals surface area contributed by atoms with Crippen LogP contribution in [0.5, 0.6) is 0 Å². The number of nitrogens with one attached hydrogen (secondary N) is 1. The van der Waals surface area contributed by atoms with Crippen LogP contribution in [0.25, 0.3) is 0 Å². The summed E-state index contributed by atoms with van der Waals surface area (Å²) in [5, 5.41) is 0. The van der Waals surface area contributed by atoms with E-state index in [9.17, 15) is 0 Å². The van der Waals surface area contributed by atoms with Crippen molar-refractivity contribution in [3.8, 4) is 0 Å². The van der Waals surface area contributed by atoms with Gasteiger partial charge in [0.05, 0.1) is 12.1 Å². The first kappa shape index (κ1) is 15.2. The molecule has 0 radical (unpaired) electrons. The molecule has 20 heavy (non-hydrogen) atoms. The van der Waals surface area contributed by atoms with E-state index in [-0.39, 0.29) is 12.1 Å². The number of nitrogen functional groups attached to an aromatic ring is 1. The minimum atomic E-state index is 0.0644. The van der Waals surface area contributed by atoms with E-state index in [1.165, 1.54) is 32.1 Å². The van der Waals surface area contributed by atoms with Crippen LogP contribution in [-0.2, 0) is 11.2 Å². The molecule has 2 unspecified atom stereocenters. The third-order valence-electron chi connectivity index (χ3n) is 4.38. The molecule has 1 aromatic rings. The van der Waals surface area contributed by atoms with Crippen LogP contribution in [-0.4, -0.2) is 24.2 Å². The maximum absolute atomic E-state index is 5.99. The topological polar surface area (TPSA) is 86.2 Å². The summed E-state index contributed by atoms with van der Waals surface area (Å²) in [6.45, 7) is 0. The molecule has 1 aliphatic rings. The van der Waals surface area contributed by atoms with Crippen molar-refractivity contribution in [3.63, 3.8) is 0 Å². The van der Waals surface area contributed by atoms with Crippen molar-refractivity contribution in [1.29, 1.82) is 0 Å². The van der Waals surface area contributed by atoms with Gasteiger partial charge in [-0.15, -0.1) is 0 Å². The first-order chi connectivity index (χ1) is 9.76. The molecular formula is C15H26N4O. The van der Waals surface area contributed by atoms with E-state index >= 15 is 0 Å². The van der Waals surface area contributed by atoms with Gasteiger partial charge in [0.2, 0.25) is 0 Å². The van der Waals surface area contributed by atoms with Gasteiger partial charge in [0.1, 0.15) is 0 Å². The molecule has 112 valence electrons. The number of nitrogens with two attached hydrogens (primary N) is 2. The molecule has 1 aromatic heterocycles. The molecule has 0 amide bonds. The van der Waals surface area contributed by atoms with E-state index in [0.717, 1.165) is 17.7 Å². The fourth-order valence-electron chi connectivity index (χ4n) is 3.26. The average Bonchev–Trinajstić information content (AvgIpc) is 2.50. The van der Waals surface area contributed by atoms with Crippen LogP contribution in [0.15, 0.2) is 18.5 Å². The SMILES string of the molecule is COC(C1CCCCC1)C(Cc1cnccc1N)NN. The van der Waals surface area contributed by atoms with Gasteiger partial charge in [-0.3, -0.25) is 16.3 Å². The Bertz CT molecular complexity index is 407. The smallest absolute Gasteiger partial charge is 0.0769 e. The number of nitrogens with zero attached hydrogens (tertiary/aromatic N) is 1. The summed E-state index contributed by atoms with van der Waals surface area (Å²) in [7, 11) is 1.77. The normalized spacial score (nSPS) is 19.7. The van der Waals surface area contributed by atoms with Crippen LogP contribution in [0.1, 0.15) is 37.7 Å². The largest absolute Gasteiger partial charge is 0.398 e. The summed E-state index contributed by atoms with van der Waals surface area (Å²) < 4.78 is 5.75. The maximum atomic E-state index is 5.99. The van der Waals surface area contributed by atoms with Crippen LogP contribution in [0.2, 0.25) is 0 Å². The third kappa shape index (κ3) is 3.69. The Kier molecular flexibility index (Phi) is 5.76. The fraction of sp³-hybridized carbons (Fsp3) is 0.667. The Labute approximate surface area is 121 Å². The molecule has 5 nitrogen and oxygen atoms in total. The van der Waals surface area contributed by atoms with E-state index in [4.69, 9.17) is 16.3 Å². The van der Waals surface area contributed by atoms with Gasteiger partial charge in [-0.2, -0.15) is 0 Å². The lowest BCUT2D eigenvalue weighted by Crippen LogP contribution is -2.49. The summed E-state index contributed by atoms with van der Waals surface area (Å²) in [5.41, 5.74) is 10.7. The zero-order valence-electron chi connectivity index (χ0n) is 12.2. The molecule has 0 spiro atoms. The van der Waals surface area contributed by atoms with Crippen LogP contribution < -0.4 is 17.0 Å². The first-order valence-corrected chi connectivity index (χ1v) is 7.43. The summed E-state index contributed by atoms with van der Waals surface area (Å²) in [5.74, 6) is 6.34. The summed E-state index contributed by atoms with van der Waals surface area (Å²) in [6.07, 6.45) is 10.7. The molecule has 0 bridgehead atoms. The second-order valence-corrected chi connectivity index (χ2v) is 5.65. The Morgan fingerprint density at radius 1 is 1.40 bits per heavy atom. The highest BCUT2D eigenvalue weighted by atomic mass is 16.5. The van der Waals surface area contributed by atoms with Gasteiger partial charge < -0.3 is 10.5 Å². The first-order valence-electron chi connectivity index (χ1n) is 7.43. The Hall–Kier alpha value is -1.17. The van der Waals surface area contributed by atoms with Gasteiger partial charge in [-0.25, -0.2) is 0 Å². The van der Waals surface area contributed by atoms with Crippen molar-refractivity contribution in [3.05, 3.63) is 24.0 Å². The minimum absolute atomic E-state index is 0.0644. The average molecular weight is 278 g/mol. The second-order valence-electron chi connectivity index (χ2n) is 5.65. The third-order valence-corrected chi connectivity index (χ3v) is 4.38. The Morgan fingerprint density at radius 2 is 2.15 bits per heavy atom. The lowest BCUT2D eigenvalue weighted by molar-refractivity contribution is 0.00829. The molecule has 0 saturated heterocycles. The van der Waals surface area contributed by atoms with Crippen molar-refractivity contribution < 1.29 is 4.74 Å². The molecule has 1 heterocycles. The zero-order chi connectivity index (χ0) is 14.4. The zero-order valence-corrected chi connectivity index (χ0v) is 12.2. The standard InChI is InChI=1S/C15H26N4O/c1-20-15(11-5-3-2-4-6-11)14(19-17)9-12-10-18-8-7-13(12)16/h7-8,10-11,14-15,19H,2-6,9,17H2,1H3,(H2,16,18). The van der Waals surface area contributed by atoms with E-state index < -0.39 is 0 Å². The summed E-state index contributed by atoms with van der Waals surface area (Å²) in [4.78, 5) is 4.14. The van der Waals surface area contributed by atoms with Crippen molar-refractivity contribution in [2.75, 3.05) is 12.8 Å². The van der Waals surface area contributed by atoms with E-state index in [0.29, 0.717) is 5.92 Å². The number of methoxy groups -OCH3 is 1. The quantitative estimate of drug-likeness (QED) is 0.544. The monoisotopic (exact) mass is 278 g/mol. The molecule has 0 aliphatic heterocycles. The molecule has 1 saturated carbocycles. The molecule has 1 aliphatic carbocycles. The highest BCUT2D eigenvalue weighted by Crippen LogP contribution is 2.30. The van der Waals surface area contributed by atoms with E-state index in [1.807, 2.05) is 12.3 Å². The van der Waals surface area contributed by atoms with Gasteiger partial charge in [-0.1, -0.05) is 19.3 Å². The van der Waals surface area contributed by atoms with Crippen LogP contribution >= 0.6 is 0 Å². The van der Waals surface area contributed by atoms with Crippen LogP contribution in [0, 0.1) is 5.92 Å². The van der Waals surface area contributed by atoms with Crippen LogP contribution in [0.3, 0.4) is 0 Å². The maximum Gasteiger partial charge on any atom is 0.0769 e. The Morgan fingerprint density at radius 3 is 2.75 bits per heavy atom.